The molecule has 160 valence electrons. The van der Waals surface area contributed by atoms with Gasteiger partial charge in [-0.3, -0.25) is 0 Å². The number of hydrogen-bond acceptors (Lipinski definition) is 4. The van der Waals surface area contributed by atoms with E-state index in [1.807, 2.05) is 18.2 Å². The molecule has 2 aromatic carbocycles. The number of carbonyl (C=O) groups is 1. The maximum absolute atomic E-state index is 12.1. The molecule has 2 aromatic rings. The van der Waals surface area contributed by atoms with Gasteiger partial charge in [-0.15, -0.1) is 0 Å². The molecule has 0 atom stereocenters. The van der Waals surface area contributed by atoms with Crippen LogP contribution in [0.15, 0.2) is 48.5 Å². The highest BCUT2D eigenvalue weighted by Crippen LogP contribution is 2.16. The van der Waals surface area contributed by atoms with Gasteiger partial charge in [0.15, 0.2) is 0 Å². The normalized spacial score (nSPS) is 11.0. The van der Waals surface area contributed by atoms with Gasteiger partial charge in [0, 0.05) is 24.6 Å². The fourth-order valence-corrected chi connectivity index (χ4v) is 3.32. The molecule has 0 heterocycles. The van der Waals surface area contributed by atoms with Gasteiger partial charge in [-0.25, -0.2) is 4.79 Å². The number of nitrogens with one attached hydrogen (secondary N) is 2. The van der Waals surface area contributed by atoms with Crippen molar-refractivity contribution in [2.75, 3.05) is 18.9 Å². The van der Waals surface area contributed by atoms with Crippen molar-refractivity contribution in [3.05, 3.63) is 70.8 Å². The fraction of sp³-hybridized carbons (Fsp3) is 0.333. The minimum absolute atomic E-state index is 0.121. The quantitative estimate of drug-likeness (QED) is 0.542. The summed E-state index contributed by atoms with van der Waals surface area (Å²) >= 11 is 1.63. The highest BCUT2D eigenvalue weighted by atomic mass is 32.2. The second-order valence-corrected chi connectivity index (χ2v) is 7.46. The monoisotopic (exact) mass is 437 g/mol. The van der Waals surface area contributed by atoms with Crippen LogP contribution in [0, 0.1) is 11.3 Å². The van der Waals surface area contributed by atoms with Crippen molar-refractivity contribution in [1.82, 2.24) is 10.6 Å². The van der Waals surface area contributed by atoms with Crippen LogP contribution in [-0.2, 0) is 23.6 Å². The van der Waals surface area contributed by atoms with Crippen LogP contribution in [-0.4, -0.2) is 31.1 Å². The molecule has 0 saturated heterocycles. The minimum atomic E-state index is -4.34. The van der Waals surface area contributed by atoms with E-state index in [2.05, 4.69) is 21.4 Å². The Bertz CT molecular complexity index is 852. The second kappa shape index (κ2) is 12.1. The predicted octanol–water partition coefficient (Wildman–Crippen LogP) is 4.37. The van der Waals surface area contributed by atoms with E-state index in [-0.39, 0.29) is 12.6 Å². The van der Waals surface area contributed by atoms with Crippen molar-refractivity contribution in [1.29, 1.82) is 5.26 Å². The number of ether oxygens (including phenoxy) is 1. The lowest BCUT2D eigenvalue weighted by atomic mass is 10.1. The standard InChI is InChI=1S/C21H22F3N3O2S/c22-21(23,24)15-29-13-17-7-5-16(6-8-17)12-27-20(28)26-9-10-30-14-19-4-2-1-3-18(19)11-25/h1-8H,9-10,12-15H2,(H2,26,27,28). The summed E-state index contributed by atoms with van der Waals surface area (Å²) in [5.74, 6) is 1.41. The number of amides is 2. The molecule has 2 N–H and O–H groups in total. The topological polar surface area (TPSA) is 74.2 Å². The van der Waals surface area contributed by atoms with Crippen LogP contribution in [0.3, 0.4) is 0 Å². The molecule has 0 aliphatic carbocycles. The maximum Gasteiger partial charge on any atom is 0.411 e. The number of nitriles is 1. The minimum Gasteiger partial charge on any atom is -0.367 e. The van der Waals surface area contributed by atoms with E-state index in [4.69, 9.17) is 5.26 Å². The van der Waals surface area contributed by atoms with E-state index in [1.54, 1.807) is 42.1 Å². The Labute approximate surface area is 177 Å². The van der Waals surface area contributed by atoms with Gasteiger partial charge in [-0.05, 0) is 22.8 Å². The molecular weight excluding hydrogens is 415 g/mol. The van der Waals surface area contributed by atoms with Gasteiger partial charge in [0.05, 0.1) is 18.2 Å². The summed E-state index contributed by atoms with van der Waals surface area (Å²) in [5.41, 5.74) is 3.09. The Hall–Kier alpha value is -2.70. The van der Waals surface area contributed by atoms with Crippen LogP contribution in [0.5, 0.6) is 0 Å². The van der Waals surface area contributed by atoms with Crippen LogP contribution in [0.4, 0.5) is 18.0 Å². The Morgan fingerprint density at radius 1 is 1.07 bits per heavy atom. The molecule has 0 aromatic heterocycles. The molecule has 5 nitrogen and oxygen atoms in total. The molecule has 0 spiro atoms. The van der Waals surface area contributed by atoms with E-state index in [0.29, 0.717) is 35.7 Å². The second-order valence-electron chi connectivity index (χ2n) is 6.36. The van der Waals surface area contributed by atoms with E-state index >= 15 is 0 Å². The summed E-state index contributed by atoms with van der Waals surface area (Å²) in [7, 11) is 0. The number of hydrogen-bond donors (Lipinski definition) is 2. The average Bonchev–Trinajstić information content (AvgIpc) is 2.72. The van der Waals surface area contributed by atoms with Gasteiger partial charge < -0.3 is 15.4 Å². The summed E-state index contributed by atoms with van der Waals surface area (Å²) in [6, 6.07) is 16.1. The van der Waals surface area contributed by atoms with Gasteiger partial charge in [0.2, 0.25) is 0 Å². The van der Waals surface area contributed by atoms with E-state index in [0.717, 1.165) is 11.1 Å². The van der Waals surface area contributed by atoms with Gasteiger partial charge >= 0.3 is 12.2 Å². The van der Waals surface area contributed by atoms with Gasteiger partial charge in [-0.1, -0.05) is 42.5 Å². The Kier molecular flexibility index (Phi) is 9.51. The maximum atomic E-state index is 12.1. The van der Waals surface area contributed by atoms with Crippen molar-refractivity contribution >= 4 is 17.8 Å². The van der Waals surface area contributed by atoms with Crippen molar-refractivity contribution in [3.8, 4) is 6.07 Å². The molecule has 0 aliphatic rings. The molecule has 0 bridgehead atoms. The smallest absolute Gasteiger partial charge is 0.367 e. The van der Waals surface area contributed by atoms with Crippen LogP contribution in [0.2, 0.25) is 0 Å². The first-order valence-corrected chi connectivity index (χ1v) is 10.3. The number of carbonyl (C=O) groups excluding carboxylic acids is 1. The summed E-state index contributed by atoms with van der Waals surface area (Å²) < 4.78 is 40.8. The lowest BCUT2D eigenvalue weighted by Gasteiger charge is -2.10. The summed E-state index contributed by atoms with van der Waals surface area (Å²) in [4.78, 5) is 11.9. The molecular formula is C21H22F3N3O2S. The Morgan fingerprint density at radius 3 is 2.47 bits per heavy atom. The SMILES string of the molecule is N#Cc1ccccc1CSCCNC(=O)NCc1ccc(COCC(F)(F)F)cc1. The zero-order valence-corrected chi connectivity index (χ0v) is 17.0. The van der Waals surface area contributed by atoms with Gasteiger partial charge in [0.25, 0.3) is 0 Å². The van der Waals surface area contributed by atoms with Gasteiger partial charge in [0.1, 0.15) is 6.61 Å². The molecule has 2 amide bonds. The number of nitrogens with zero attached hydrogens (tertiary/aromatic N) is 1. The number of thioether (sulfide) groups is 1. The summed E-state index contributed by atoms with van der Waals surface area (Å²) in [5, 5.41) is 14.5. The van der Waals surface area contributed by atoms with Crippen molar-refractivity contribution < 1.29 is 22.7 Å². The summed E-state index contributed by atoms with van der Waals surface area (Å²) in [6.45, 7) is -0.608. The van der Waals surface area contributed by atoms with Crippen LogP contribution in [0.25, 0.3) is 0 Å². The number of urea groups is 1. The summed E-state index contributed by atoms with van der Waals surface area (Å²) in [6.07, 6.45) is -4.34. The van der Waals surface area contributed by atoms with Gasteiger partial charge in [-0.2, -0.15) is 30.2 Å². The van der Waals surface area contributed by atoms with Crippen LogP contribution in [0.1, 0.15) is 22.3 Å². The van der Waals surface area contributed by atoms with Crippen molar-refractivity contribution in [2.24, 2.45) is 0 Å². The van der Waals surface area contributed by atoms with E-state index in [9.17, 15) is 18.0 Å². The highest BCUT2D eigenvalue weighted by molar-refractivity contribution is 7.98. The fourth-order valence-electron chi connectivity index (χ4n) is 2.46. The zero-order valence-electron chi connectivity index (χ0n) is 16.2. The molecule has 0 radical (unpaired) electrons. The van der Waals surface area contributed by atoms with E-state index in [1.165, 1.54) is 0 Å². The third-order valence-corrected chi connectivity index (χ3v) is 4.95. The zero-order chi connectivity index (χ0) is 21.8. The Morgan fingerprint density at radius 2 is 1.77 bits per heavy atom. The number of benzene rings is 2. The number of rotatable bonds is 10. The Balaban J connectivity index is 1.60. The molecule has 2 rings (SSSR count). The van der Waals surface area contributed by atoms with Crippen LogP contribution < -0.4 is 10.6 Å². The van der Waals surface area contributed by atoms with Crippen molar-refractivity contribution in [2.45, 2.75) is 25.1 Å². The largest absolute Gasteiger partial charge is 0.411 e. The predicted molar refractivity (Wildman–Crippen MR) is 110 cm³/mol. The molecule has 0 fully saturated rings. The molecule has 0 aliphatic heterocycles. The lowest BCUT2D eigenvalue weighted by molar-refractivity contribution is -0.176. The van der Waals surface area contributed by atoms with Crippen molar-refractivity contribution in [3.63, 3.8) is 0 Å². The van der Waals surface area contributed by atoms with Crippen LogP contribution >= 0.6 is 11.8 Å². The third kappa shape index (κ3) is 9.20. The van der Waals surface area contributed by atoms with E-state index < -0.39 is 12.8 Å². The average molecular weight is 437 g/mol. The number of halogens is 3. The third-order valence-electron chi connectivity index (χ3n) is 3.94. The molecule has 0 unspecified atom stereocenters. The molecule has 0 saturated carbocycles. The first kappa shape index (κ1) is 23.6. The first-order chi connectivity index (χ1) is 14.4. The first-order valence-electron chi connectivity index (χ1n) is 9.17. The molecule has 30 heavy (non-hydrogen) atoms. The molecule has 9 heteroatoms. The highest BCUT2D eigenvalue weighted by Gasteiger charge is 2.27. The lowest BCUT2D eigenvalue weighted by Crippen LogP contribution is -2.36. The number of alkyl halides is 3.